The van der Waals surface area contributed by atoms with E-state index in [0.717, 1.165) is 5.56 Å². The second-order valence-electron chi connectivity index (χ2n) is 3.86. The van der Waals surface area contributed by atoms with Crippen LogP contribution in [-0.4, -0.2) is 29.5 Å². The lowest BCUT2D eigenvalue weighted by atomic mass is 10.1. The van der Waals surface area contributed by atoms with E-state index in [1.807, 2.05) is 6.07 Å². The standard InChI is InChI=1S/C12H17N2O2/c1-9(15)13-11-6-4-5-10(7-11)12(16)8-14(2)3/h4-7,12,16H,2,8H2,1,3H3,(H,13,15). The normalized spacial score (nSPS) is 12.6. The molecule has 0 aliphatic rings. The van der Waals surface area contributed by atoms with Crippen molar-refractivity contribution >= 4 is 11.6 Å². The molecule has 0 aromatic heterocycles. The lowest BCUT2D eigenvalue weighted by molar-refractivity contribution is -0.114. The maximum Gasteiger partial charge on any atom is 0.221 e. The minimum absolute atomic E-state index is 0.124. The smallest absolute Gasteiger partial charge is 0.221 e. The maximum absolute atomic E-state index is 10.9. The number of anilines is 1. The lowest BCUT2D eigenvalue weighted by Crippen LogP contribution is -2.18. The molecule has 0 aliphatic carbocycles. The number of hydrogen-bond donors (Lipinski definition) is 2. The number of nitrogens with one attached hydrogen (secondary N) is 1. The molecule has 87 valence electrons. The molecule has 1 amide bonds. The van der Waals surface area contributed by atoms with Crippen molar-refractivity contribution in [2.75, 3.05) is 18.9 Å². The molecule has 0 aliphatic heterocycles. The van der Waals surface area contributed by atoms with Gasteiger partial charge in [0.05, 0.1) is 6.10 Å². The summed E-state index contributed by atoms with van der Waals surface area (Å²) in [5.74, 6) is -0.124. The van der Waals surface area contributed by atoms with E-state index in [1.54, 1.807) is 30.1 Å². The summed E-state index contributed by atoms with van der Waals surface area (Å²) in [5.41, 5.74) is 1.46. The van der Waals surface area contributed by atoms with Gasteiger partial charge in [0.15, 0.2) is 0 Å². The monoisotopic (exact) mass is 221 g/mol. The number of carbonyl (C=O) groups excluding carboxylic acids is 1. The van der Waals surface area contributed by atoms with E-state index in [9.17, 15) is 9.90 Å². The summed E-state index contributed by atoms with van der Waals surface area (Å²) >= 11 is 0. The SMILES string of the molecule is [CH2]N(C)CC(O)c1cccc(NC(C)=O)c1. The van der Waals surface area contributed by atoms with Crippen molar-refractivity contribution in [3.8, 4) is 0 Å². The number of aliphatic hydroxyl groups excluding tert-OH is 1. The van der Waals surface area contributed by atoms with Gasteiger partial charge in [-0.05, 0) is 24.7 Å². The van der Waals surface area contributed by atoms with Crippen LogP contribution in [0.1, 0.15) is 18.6 Å². The molecule has 1 aromatic carbocycles. The summed E-state index contributed by atoms with van der Waals surface area (Å²) in [6.45, 7) is 1.90. The van der Waals surface area contributed by atoms with E-state index in [-0.39, 0.29) is 5.91 Å². The second kappa shape index (κ2) is 5.63. The van der Waals surface area contributed by atoms with Gasteiger partial charge in [-0.25, -0.2) is 0 Å². The molecular weight excluding hydrogens is 204 g/mol. The van der Waals surface area contributed by atoms with Crippen LogP contribution in [0.5, 0.6) is 0 Å². The Balaban J connectivity index is 2.77. The highest BCUT2D eigenvalue weighted by molar-refractivity contribution is 5.88. The number of hydrogen-bond acceptors (Lipinski definition) is 3. The summed E-state index contributed by atoms with van der Waals surface area (Å²) in [6.07, 6.45) is -0.601. The molecule has 1 unspecified atom stereocenters. The molecule has 0 bridgehead atoms. The van der Waals surface area contributed by atoms with Gasteiger partial charge in [0.25, 0.3) is 0 Å². The Morgan fingerprint density at radius 2 is 2.31 bits per heavy atom. The highest BCUT2D eigenvalue weighted by atomic mass is 16.3. The summed E-state index contributed by atoms with van der Waals surface area (Å²) in [7, 11) is 5.47. The predicted molar refractivity (Wildman–Crippen MR) is 63.7 cm³/mol. The summed E-state index contributed by atoms with van der Waals surface area (Å²) in [6, 6.07) is 7.16. The first-order valence-electron chi connectivity index (χ1n) is 5.06. The van der Waals surface area contributed by atoms with Crippen LogP contribution in [0, 0.1) is 7.05 Å². The molecule has 4 nitrogen and oxygen atoms in total. The number of amides is 1. The Hall–Kier alpha value is -1.39. The van der Waals surface area contributed by atoms with Gasteiger partial charge in [0, 0.05) is 26.2 Å². The van der Waals surface area contributed by atoms with Gasteiger partial charge in [0.1, 0.15) is 0 Å². The van der Waals surface area contributed by atoms with E-state index in [2.05, 4.69) is 12.4 Å². The highest BCUT2D eigenvalue weighted by Crippen LogP contribution is 2.18. The number of aliphatic hydroxyl groups is 1. The van der Waals surface area contributed by atoms with Crippen LogP contribution in [0.15, 0.2) is 24.3 Å². The van der Waals surface area contributed by atoms with Crippen LogP contribution < -0.4 is 5.32 Å². The van der Waals surface area contributed by atoms with E-state index in [1.165, 1.54) is 6.92 Å². The fourth-order valence-corrected chi connectivity index (χ4v) is 1.43. The zero-order valence-electron chi connectivity index (χ0n) is 9.60. The molecule has 2 N–H and O–H groups in total. The molecule has 4 heteroatoms. The van der Waals surface area contributed by atoms with Crippen LogP contribution in [0.25, 0.3) is 0 Å². The third kappa shape index (κ3) is 4.00. The van der Waals surface area contributed by atoms with Crippen molar-refractivity contribution in [1.29, 1.82) is 0 Å². The van der Waals surface area contributed by atoms with Crippen molar-refractivity contribution in [2.24, 2.45) is 0 Å². The average molecular weight is 221 g/mol. The van der Waals surface area contributed by atoms with Gasteiger partial charge >= 0.3 is 0 Å². The molecule has 0 fully saturated rings. The topological polar surface area (TPSA) is 52.6 Å². The second-order valence-corrected chi connectivity index (χ2v) is 3.86. The predicted octanol–water partition coefficient (Wildman–Crippen LogP) is 1.40. The fourth-order valence-electron chi connectivity index (χ4n) is 1.43. The molecule has 0 saturated heterocycles. The number of benzene rings is 1. The molecule has 0 saturated carbocycles. The van der Waals surface area contributed by atoms with Crippen molar-refractivity contribution in [3.05, 3.63) is 36.9 Å². The van der Waals surface area contributed by atoms with Gasteiger partial charge in [-0.1, -0.05) is 12.1 Å². The minimum atomic E-state index is -0.601. The van der Waals surface area contributed by atoms with E-state index in [4.69, 9.17) is 0 Å². The zero-order valence-corrected chi connectivity index (χ0v) is 9.60. The highest BCUT2D eigenvalue weighted by Gasteiger charge is 2.09. The fraction of sp³-hybridized carbons (Fsp3) is 0.333. The largest absolute Gasteiger partial charge is 0.387 e. The third-order valence-electron chi connectivity index (χ3n) is 2.08. The van der Waals surface area contributed by atoms with E-state index in [0.29, 0.717) is 12.2 Å². The molecule has 1 atom stereocenters. The first-order valence-corrected chi connectivity index (χ1v) is 5.06. The summed E-state index contributed by atoms with van der Waals surface area (Å²) in [4.78, 5) is 12.5. The molecule has 0 heterocycles. The van der Waals surface area contributed by atoms with Crippen molar-refractivity contribution in [3.63, 3.8) is 0 Å². The number of carbonyl (C=O) groups is 1. The van der Waals surface area contributed by atoms with Crippen LogP contribution in [0.3, 0.4) is 0 Å². The Morgan fingerprint density at radius 1 is 1.62 bits per heavy atom. The van der Waals surface area contributed by atoms with Crippen molar-refractivity contribution in [2.45, 2.75) is 13.0 Å². The Labute approximate surface area is 95.9 Å². The molecule has 0 spiro atoms. The van der Waals surface area contributed by atoms with Gasteiger partial charge < -0.3 is 15.3 Å². The van der Waals surface area contributed by atoms with Gasteiger partial charge in [0.2, 0.25) is 5.91 Å². The average Bonchev–Trinajstić information content (AvgIpc) is 2.16. The van der Waals surface area contributed by atoms with Crippen LogP contribution in [0.2, 0.25) is 0 Å². The molecule has 1 radical (unpaired) electrons. The summed E-state index contributed by atoms with van der Waals surface area (Å²) in [5, 5.41) is 12.5. The third-order valence-corrected chi connectivity index (χ3v) is 2.08. The Kier molecular flexibility index (Phi) is 4.46. The van der Waals surface area contributed by atoms with Gasteiger partial charge in [-0.2, -0.15) is 0 Å². The van der Waals surface area contributed by atoms with Crippen molar-refractivity contribution < 1.29 is 9.90 Å². The first kappa shape index (κ1) is 12.7. The lowest BCUT2D eigenvalue weighted by Gasteiger charge is -2.16. The Morgan fingerprint density at radius 3 is 2.88 bits per heavy atom. The van der Waals surface area contributed by atoms with Crippen LogP contribution in [0.4, 0.5) is 5.69 Å². The minimum Gasteiger partial charge on any atom is -0.387 e. The van der Waals surface area contributed by atoms with E-state index < -0.39 is 6.10 Å². The van der Waals surface area contributed by atoms with Crippen LogP contribution in [-0.2, 0) is 4.79 Å². The van der Waals surface area contributed by atoms with Gasteiger partial charge in [-0.3, -0.25) is 4.79 Å². The molecule has 1 aromatic rings. The zero-order chi connectivity index (χ0) is 12.1. The van der Waals surface area contributed by atoms with E-state index >= 15 is 0 Å². The Bertz CT molecular complexity index is 364. The van der Waals surface area contributed by atoms with Crippen molar-refractivity contribution in [1.82, 2.24) is 4.90 Å². The van der Waals surface area contributed by atoms with Gasteiger partial charge in [-0.15, -0.1) is 0 Å². The number of nitrogens with zero attached hydrogens (tertiary/aromatic N) is 1. The number of rotatable bonds is 4. The first-order chi connectivity index (χ1) is 7.49. The quantitative estimate of drug-likeness (QED) is 0.808. The molecule has 16 heavy (non-hydrogen) atoms. The maximum atomic E-state index is 10.9. The summed E-state index contributed by atoms with van der Waals surface area (Å²) < 4.78 is 0. The number of likely N-dealkylation sites (N-methyl/N-ethyl adjacent to an activating group) is 1. The molecule has 1 rings (SSSR count). The molecular formula is C12H17N2O2. The van der Waals surface area contributed by atoms with Crippen LogP contribution >= 0.6 is 0 Å².